The first-order valence-electron chi connectivity index (χ1n) is 5.26. The van der Waals surface area contributed by atoms with Crippen molar-refractivity contribution in [3.05, 3.63) is 15.9 Å². The normalized spacial score (nSPS) is 16.6. The highest BCUT2D eigenvalue weighted by Crippen LogP contribution is 2.38. The summed E-state index contributed by atoms with van der Waals surface area (Å²) in [6.07, 6.45) is 0. The van der Waals surface area contributed by atoms with E-state index >= 15 is 0 Å². The van der Waals surface area contributed by atoms with Gasteiger partial charge in [-0.1, -0.05) is 20.8 Å². The molecule has 0 aliphatic heterocycles. The van der Waals surface area contributed by atoms with Crippen molar-refractivity contribution in [1.82, 2.24) is 0 Å². The number of halogens is 1. The van der Waals surface area contributed by atoms with Crippen molar-refractivity contribution in [2.24, 2.45) is 9.17 Å². The third-order valence-corrected chi connectivity index (χ3v) is 13.3. The fraction of sp³-hybridized carbons (Fsp3) is 0.600. The Morgan fingerprint density at radius 3 is 2.35 bits per heavy atom. The van der Waals surface area contributed by atoms with Gasteiger partial charge >= 0.3 is 0 Å². The van der Waals surface area contributed by atoms with Gasteiger partial charge in [-0.25, -0.2) is 9.35 Å². The van der Waals surface area contributed by atoms with Crippen molar-refractivity contribution in [2.75, 3.05) is 0 Å². The van der Waals surface area contributed by atoms with Crippen LogP contribution in [0, 0.1) is 0 Å². The zero-order valence-corrected chi connectivity index (χ0v) is 15.0. The molecule has 0 aliphatic rings. The van der Waals surface area contributed by atoms with Gasteiger partial charge in [-0.3, -0.25) is 4.03 Å². The molecular formula is C10H19BrN2OS2Si. The van der Waals surface area contributed by atoms with Gasteiger partial charge < -0.3 is 0 Å². The second kappa shape index (κ2) is 4.77. The zero-order chi connectivity index (χ0) is 13.5. The average Bonchev–Trinajstić information content (AvgIpc) is 2.47. The summed E-state index contributed by atoms with van der Waals surface area (Å²) in [5.41, 5.74) is 0. The third kappa shape index (κ3) is 3.41. The highest BCUT2D eigenvalue weighted by molar-refractivity contribution is 9.10. The summed E-state index contributed by atoms with van der Waals surface area (Å²) in [6.45, 7) is 10.6. The third-order valence-electron chi connectivity index (χ3n) is 3.05. The monoisotopic (exact) mass is 354 g/mol. The molecule has 0 amide bonds. The van der Waals surface area contributed by atoms with Gasteiger partial charge in [-0.15, -0.1) is 11.3 Å². The molecule has 1 heterocycles. The van der Waals surface area contributed by atoms with E-state index in [1.807, 2.05) is 11.4 Å². The van der Waals surface area contributed by atoms with E-state index in [-0.39, 0.29) is 5.04 Å². The molecule has 1 rings (SSSR count). The molecular weight excluding hydrogens is 336 g/mol. The van der Waals surface area contributed by atoms with Gasteiger partial charge in [0.05, 0.1) is 0 Å². The van der Waals surface area contributed by atoms with Crippen LogP contribution in [-0.2, 0) is 9.92 Å². The molecule has 0 saturated carbocycles. The fourth-order valence-corrected chi connectivity index (χ4v) is 8.34. The van der Waals surface area contributed by atoms with E-state index in [0.29, 0.717) is 4.21 Å². The standard InChI is InChI=1S/C10H19BrN2OS2Si/c1-10(2,3)17(4,5)13-16(12,14)9-8(11)6-7-15-9/h6-7H,1-5H3,(H2,12,13,14). The Bertz CT molecular complexity index is 525. The van der Waals surface area contributed by atoms with E-state index in [9.17, 15) is 4.21 Å². The smallest absolute Gasteiger partial charge is 0.195 e. The number of hydrogen-bond donors (Lipinski definition) is 1. The van der Waals surface area contributed by atoms with Crippen LogP contribution in [0.5, 0.6) is 0 Å². The van der Waals surface area contributed by atoms with Crippen LogP contribution in [0.4, 0.5) is 0 Å². The number of nitrogens with zero attached hydrogens (tertiary/aromatic N) is 1. The Hall–Kier alpha value is 0.307. The van der Waals surface area contributed by atoms with Crippen LogP contribution >= 0.6 is 27.3 Å². The number of rotatable bonds is 2. The lowest BCUT2D eigenvalue weighted by Gasteiger charge is -2.32. The minimum atomic E-state index is -2.78. The summed E-state index contributed by atoms with van der Waals surface area (Å²) in [4.78, 5) is 0. The van der Waals surface area contributed by atoms with E-state index in [1.54, 1.807) is 0 Å². The molecule has 0 fully saturated rings. The maximum Gasteiger partial charge on any atom is 0.195 e. The Morgan fingerprint density at radius 2 is 2.00 bits per heavy atom. The molecule has 0 radical (unpaired) electrons. The van der Waals surface area contributed by atoms with Crippen molar-refractivity contribution < 1.29 is 4.21 Å². The Morgan fingerprint density at radius 1 is 1.47 bits per heavy atom. The molecule has 17 heavy (non-hydrogen) atoms. The van der Waals surface area contributed by atoms with Gasteiger partial charge in [0, 0.05) is 4.47 Å². The topological polar surface area (TPSA) is 55.4 Å². The predicted octanol–water partition coefficient (Wildman–Crippen LogP) is 4.22. The van der Waals surface area contributed by atoms with Gasteiger partial charge in [0.25, 0.3) is 0 Å². The Balaban J connectivity index is 3.34. The van der Waals surface area contributed by atoms with Crippen LogP contribution in [-0.4, -0.2) is 12.4 Å². The predicted molar refractivity (Wildman–Crippen MR) is 82.2 cm³/mol. The van der Waals surface area contributed by atoms with Crippen LogP contribution in [0.15, 0.2) is 24.2 Å². The van der Waals surface area contributed by atoms with Gasteiger partial charge in [-0.2, -0.15) is 0 Å². The van der Waals surface area contributed by atoms with Gasteiger partial charge in [0.2, 0.25) is 0 Å². The Kier molecular flexibility index (Phi) is 4.31. The highest BCUT2D eigenvalue weighted by atomic mass is 79.9. The maximum atomic E-state index is 12.6. The highest BCUT2D eigenvalue weighted by Gasteiger charge is 2.37. The van der Waals surface area contributed by atoms with Crippen molar-refractivity contribution in [3.63, 3.8) is 0 Å². The van der Waals surface area contributed by atoms with Gasteiger partial charge in [0.1, 0.15) is 14.1 Å². The van der Waals surface area contributed by atoms with Gasteiger partial charge in [-0.05, 0) is 45.5 Å². The lowest BCUT2D eigenvalue weighted by atomic mass is 10.2. The first kappa shape index (κ1) is 15.4. The minimum absolute atomic E-state index is 0.0404. The molecule has 0 bridgehead atoms. The quantitative estimate of drug-likeness (QED) is 0.794. The number of hydrogen-bond acceptors (Lipinski definition) is 3. The van der Waals surface area contributed by atoms with Crippen molar-refractivity contribution in [1.29, 1.82) is 0 Å². The molecule has 2 N–H and O–H groups in total. The van der Waals surface area contributed by atoms with Crippen molar-refractivity contribution in [2.45, 2.75) is 43.1 Å². The molecule has 0 spiro atoms. The fourth-order valence-electron chi connectivity index (χ4n) is 1.01. The first-order valence-corrected chi connectivity index (χ1v) is 11.5. The number of thiophene rings is 1. The van der Waals surface area contributed by atoms with Crippen LogP contribution < -0.4 is 5.14 Å². The molecule has 7 heteroatoms. The summed E-state index contributed by atoms with van der Waals surface area (Å²) in [7, 11) is -4.79. The second-order valence-corrected chi connectivity index (χ2v) is 14.4. The van der Waals surface area contributed by atoms with E-state index in [4.69, 9.17) is 5.14 Å². The molecule has 1 atom stereocenters. The maximum absolute atomic E-state index is 12.6. The summed E-state index contributed by atoms with van der Waals surface area (Å²) < 4.78 is 18.5. The molecule has 1 unspecified atom stereocenters. The summed E-state index contributed by atoms with van der Waals surface area (Å²) >= 11 is 4.76. The van der Waals surface area contributed by atoms with E-state index < -0.39 is 18.2 Å². The van der Waals surface area contributed by atoms with Crippen molar-refractivity contribution >= 4 is 45.4 Å². The van der Waals surface area contributed by atoms with Crippen LogP contribution in [0.2, 0.25) is 18.1 Å². The van der Waals surface area contributed by atoms with Gasteiger partial charge in [0.15, 0.2) is 8.24 Å². The average molecular weight is 355 g/mol. The molecule has 1 aromatic rings. The largest absolute Gasteiger partial charge is 0.261 e. The SMILES string of the molecule is CC(C)(C)[Si](C)(C)N=S(N)(=O)c1sccc1Br. The summed E-state index contributed by atoms with van der Waals surface area (Å²) in [6, 6.07) is 1.85. The minimum Gasteiger partial charge on any atom is -0.261 e. The molecule has 0 aliphatic carbocycles. The lowest BCUT2D eigenvalue weighted by molar-refractivity contribution is 0.677. The molecule has 98 valence electrons. The zero-order valence-electron chi connectivity index (χ0n) is 10.8. The first-order chi connectivity index (χ1) is 7.47. The van der Waals surface area contributed by atoms with E-state index in [0.717, 1.165) is 4.47 Å². The van der Waals surface area contributed by atoms with Crippen LogP contribution in [0.3, 0.4) is 0 Å². The molecule has 3 nitrogen and oxygen atoms in total. The molecule has 0 saturated heterocycles. The van der Waals surface area contributed by atoms with E-state index in [2.05, 4.69) is 53.8 Å². The summed E-state index contributed by atoms with van der Waals surface area (Å²) in [5, 5.41) is 7.85. The van der Waals surface area contributed by atoms with Crippen LogP contribution in [0.1, 0.15) is 20.8 Å². The lowest BCUT2D eigenvalue weighted by Crippen LogP contribution is -2.37. The second-order valence-electron chi connectivity index (χ2n) is 5.52. The molecule has 0 aromatic carbocycles. The van der Waals surface area contributed by atoms with E-state index in [1.165, 1.54) is 11.3 Å². The molecule has 1 aromatic heterocycles. The van der Waals surface area contributed by atoms with Crippen molar-refractivity contribution in [3.8, 4) is 0 Å². The number of nitrogens with two attached hydrogens (primary N) is 1. The van der Waals surface area contributed by atoms with Crippen LogP contribution in [0.25, 0.3) is 0 Å². The Labute approximate surface area is 117 Å². The summed E-state index contributed by atoms with van der Waals surface area (Å²) in [5.74, 6) is 0.